The molecule has 1 heterocycles. The number of hydrogen-bond acceptors (Lipinski definition) is 3. The van der Waals surface area contributed by atoms with Gasteiger partial charge >= 0.3 is 0 Å². The van der Waals surface area contributed by atoms with E-state index in [9.17, 15) is 0 Å². The molecule has 0 bridgehead atoms. The normalized spacial score (nSPS) is 26.3. The van der Waals surface area contributed by atoms with Gasteiger partial charge in [0.2, 0.25) is 0 Å². The van der Waals surface area contributed by atoms with Crippen LogP contribution in [0.5, 0.6) is 0 Å². The Hall–Kier alpha value is -0.120. The molecule has 1 saturated heterocycles. The van der Waals surface area contributed by atoms with Crippen LogP contribution in [0.15, 0.2) is 0 Å². The van der Waals surface area contributed by atoms with E-state index in [-0.39, 0.29) is 0 Å². The van der Waals surface area contributed by atoms with Gasteiger partial charge < -0.3 is 15.3 Å². The lowest BCUT2D eigenvalue weighted by Gasteiger charge is -2.32. The van der Waals surface area contributed by atoms with E-state index < -0.39 is 0 Å². The summed E-state index contributed by atoms with van der Waals surface area (Å²) < 4.78 is 0. The Kier molecular flexibility index (Phi) is 4.70. The lowest BCUT2D eigenvalue weighted by molar-refractivity contribution is 0.145. The molecule has 0 saturated carbocycles. The molecule has 0 aromatic heterocycles. The maximum Gasteiger partial charge on any atom is 0.0468 e. The third-order valence-corrected chi connectivity index (χ3v) is 2.81. The first-order valence-electron chi connectivity index (χ1n) is 5.26. The summed E-state index contributed by atoms with van der Waals surface area (Å²) in [5.41, 5.74) is 0. The smallest absolute Gasteiger partial charge is 0.0468 e. The molecule has 2 unspecified atom stereocenters. The topological polar surface area (TPSA) is 35.5 Å². The molecule has 1 rings (SSSR count). The molecule has 1 fully saturated rings. The van der Waals surface area contributed by atoms with E-state index in [0.29, 0.717) is 18.6 Å². The molecule has 0 aromatic rings. The first kappa shape index (κ1) is 11.0. The van der Waals surface area contributed by atoms with Crippen molar-refractivity contribution in [1.82, 2.24) is 10.2 Å². The van der Waals surface area contributed by atoms with Crippen molar-refractivity contribution >= 4 is 0 Å². The highest BCUT2D eigenvalue weighted by atomic mass is 16.3. The van der Waals surface area contributed by atoms with Gasteiger partial charge in [-0.3, -0.25) is 0 Å². The summed E-state index contributed by atoms with van der Waals surface area (Å²) in [7, 11) is 2.16. The molecular weight excluding hydrogens is 164 g/mol. The molecule has 1 aliphatic heterocycles. The van der Waals surface area contributed by atoms with Crippen LogP contribution in [-0.2, 0) is 0 Å². The maximum atomic E-state index is 8.94. The molecule has 13 heavy (non-hydrogen) atoms. The Labute approximate surface area is 81.1 Å². The van der Waals surface area contributed by atoms with Crippen LogP contribution < -0.4 is 5.32 Å². The minimum absolute atomic E-state index is 0.296. The van der Waals surface area contributed by atoms with Gasteiger partial charge in [-0.05, 0) is 32.4 Å². The van der Waals surface area contributed by atoms with E-state index >= 15 is 0 Å². The maximum absolute atomic E-state index is 8.94. The van der Waals surface area contributed by atoms with Crippen LogP contribution in [0.4, 0.5) is 0 Å². The number of nitrogens with one attached hydrogen (secondary N) is 1. The van der Waals surface area contributed by atoms with E-state index in [0.717, 1.165) is 13.1 Å². The zero-order valence-electron chi connectivity index (χ0n) is 8.79. The predicted molar refractivity (Wildman–Crippen MR) is 54.8 cm³/mol. The van der Waals surface area contributed by atoms with E-state index in [1.54, 1.807) is 0 Å². The standard InChI is InChI=1S/C10H22N2O/c1-9(8-13)7-12(2)10-4-3-5-11-6-10/h9-11,13H,3-8H2,1-2H3. The van der Waals surface area contributed by atoms with Gasteiger partial charge in [0.25, 0.3) is 0 Å². The molecule has 0 aromatic carbocycles. The molecule has 2 atom stereocenters. The van der Waals surface area contributed by atoms with Crippen molar-refractivity contribution in [3.63, 3.8) is 0 Å². The Balaban J connectivity index is 2.24. The van der Waals surface area contributed by atoms with Crippen molar-refractivity contribution in [2.45, 2.75) is 25.8 Å². The third-order valence-electron chi connectivity index (χ3n) is 2.81. The second-order valence-corrected chi connectivity index (χ2v) is 4.23. The van der Waals surface area contributed by atoms with Gasteiger partial charge in [0.1, 0.15) is 0 Å². The summed E-state index contributed by atoms with van der Waals surface area (Å²) in [5, 5.41) is 12.3. The highest BCUT2D eigenvalue weighted by Gasteiger charge is 2.18. The minimum Gasteiger partial charge on any atom is -0.396 e. The van der Waals surface area contributed by atoms with Gasteiger partial charge in [0, 0.05) is 25.7 Å². The molecule has 1 aliphatic rings. The average molecular weight is 186 g/mol. The first-order valence-corrected chi connectivity index (χ1v) is 5.26. The van der Waals surface area contributed by atoms with Crippen molar-refractivity contribution in [3.8, 4) is 0 Å². The molecule has 78 valence electrons. The third kappa shape index (κ3) is 3.63. The van der Waals surface area contributed by atoms with E-state index in [1.165, 1.54) is 19.4 Å². The molecule has 3 heteroatoms. The van der Waals surface area contributed by atoms with Crippen LogP contribution in [0.3, 0.4) is 0 Å². The van der Waals surface area contributed by atoms with Gasteiger partial charge in [-0.25, -0.2) is 0 Å². The lowest BCUT2D eigenvalue weighted by atomic mass is 10.0. The largest absolute Gasteiger partial charge is 0.396 e. The van der Waals surface area contributed by atoms with Crippen molar-refractivity contribution < 1.29 is 5.11 Å². The lowest BCUT2D eigenvalue weighted by Crippen LogP contribution is -2.45. The van der Waals surface area contributed by atoms with Crippen LogP contribution in [0.1, 0.15) is 19.8 Å². The molecule has 2 N–H and O–H groups in total. The van der Waals surface area contributed by atoms with Crippen LogP contribution >= 0.6 is 0 Å². The fourth-order valence-electron chi connectivity index (χ4n) is 1.91. The summed E-state index contributed by atoms with van der Waals surface area (Å²) in [6, 6.07) is 0.669. The molecule has 0 aliphatic carbocycles. The predicted octanol–water partition coefficient (Wildman–Crippen LogP) is 0.299. The fourth-order valence-corrected chi connectivity index (χ4v) is 1.91. The number of likely N-dealkylation sites (N-methyl/N-ethyl adjacent to an activating group) is 1. The Morgan fingerprint density at radius 1 is 1.62 bits per heavy atom. The van der Waals surface area contributed by atoms with Crippen LogP contribution in [0.2, 0.25) is 0 Å². The molecule has 0 radical (unpaired) electrons. The summed E-state index contributed by atoms with van der Waals surface area (Å²) in [4.78, 5) is 2.37. The van der Waals surface area contributed by atoms with Crippen LogP contribution in [-0.4, -0.2) is 49.3 Å². The van der Waals surface area contributed by atoms with Crippen LogP contribution in [0.25, 0.3) is 0 Å². The van der Waals surface area contributed by atoms with Gasteiger partial charge in [-0.15, -0.1) is 0 Å². The SMILES string of the molecule is CC(CO)CN(C)C1CCCNC1. The van der Waals surface area contributed by atoms with E-state index in [2.05, 4.69) is 24.2 Å². The van der Waals surface area contributed by atoms with Crippen molar-refractivity contribution in [2.75, 3.05) is 33.3 Å². The quantitative estimate of drug-likeness (QED) is 0.663. The average Bonchev–Trinajstić information content (AvgIpc) is 2.19. The summed E-state index contributed by atoms with van der Waals surface area (Å²) >= 11 is 0. The molecule has 0 spiro atoms. The zero-order chi connectivity index (χ0) is 9.68. The Morgan fingerprint density at radius 2 is 2.38 bits per heavy atom. The minimum atomic E-state index is 0.296. The second kappa shape index (κ2) is 5.58. The number of aliphatic hydroxyl groups excluding tert-OH is 1. The van der Waals surface area contributed by atoms with E-state index in [1.807, 2.05) is 0 Å². The van der Waals surface area contributed by atoms with E-state index in [4.69, 9.17) is 5.11 Å². The number of nitrogens with zero attached hydrogens (tertiary/aromatic N) is 1. The van der Waals surface area contributed by atoms with Crippen molar-refractivity contribution in [1.29, 1.82) is 0 Å². The van der Waals surface area contributed by atoms with Gasteiger partial charge in [0.15, 0.2) is 0 Å². The van der Waals surface area contributed by atoms with Crippen molar-refractivity contribution in [3.05, 3.63) is 0 Å². The molecular formula is C10H22N2O. The number of hydrogen-bond donors (Lipinski definition) is 2. The highest BCUT2D eigenvalue weighted by molar-refractivity contribution is 4.77. The fraction of sp³-hybridized carbons (Fsp3) is 1.00. The number of aliphatic hydroxyl groups is 1. The number of rotatable bonds is 4. The van der Waals surface area contributed by atoms with Gasteiger partial charge in [0.05, 0.1) is 0 Å². The Morgan fingerprint density at radius 3 is 2.92 bits per heavy atom. The summed E-state index contributed by atoms with van der Waals surface area (Å²) in [5.74, 6) is 0.395. The highest BCUT2D eigenvalue weighted by Crippen LogP contribution is 2.10. The number of piperidine rings is 1. The van der Waals surface area contributed by atoms with Crippen molar-refractivity contribution in [2.24, 2.45) is 5.92 Å². The summed E-state index contributed by atoms with van der Waals surface area (Å²) in [6.45, 7) is 5.66. The zero-order valence-corrected chi connectivity index (χ0v) is 8.79. The first-order chi connectivity index (χ1) is 6.24. The summed E-state index contributed by atoms with van der Waals surface area (Å²) in [6.07, 6.45) is 2.57. The monoisotopic (exact) mass is 186 g/mol. The van der Waals surface area contributed by atoms with Gasteiger partial charge in [-0.2, -0.15) is 0 Å². The van der Waals surface area contributed by atoms with Gasteiger partial charge in [-0.1, -0.05) is 6.92 Å². The van der Waals surface area contributed by atoms with Crippen LogP contribution in [0, 0.1) is 5.92 Å². The molecule has 0 amide bonds. The second-order valence-electron chi connectivity index (χ2n) is 4.23. The molecule has 3 nitrogen and oxygen atoms in total. The Bertz CT molecular complexity index is 135.